The molecule has 1 aliphatic rings. The van der Waals surface area contributed by atoms with Gasteiger partial charge in [-0.2, -0.15) is 0 Å². The number of hydrogen-bond donors (Lipinski definition) is 3. The quantitative estimate of drug-likeness (QED) is 0.666. The molecular formula is C21H21N3O2. The fourth-order valence-corrected chi connectivity index (χ4v) is 3.68. The van der Waals surface area contributed by atoms with E-state index in [2.05, 4.69) is 15.6 Å². The number of aromatic amines is 1. The van der Waals surface area contributed by atoms with E-state index < -0.39 is 0 Å². The van der Waals surface area contributed by atoms with E-state index in [0.717, 1.165) is 33.4 Å². The Bertz CT molecular complexity index is 1000. The van der Waals surface area contributed by atoms with Gasteiger partial charge in [0, 0.05) is 28.5 Å². The number of H-pyrrole nitrogens is 1. The first kappa shape index (κ1) is 16.4. The molecular weight excluding hydrogens is 326 g/mol. The van der Waals surface area contributed by atoms with Crippen molar-refractivity contribution in [2.75, 3.05) is 10.6 Å². The zero-order valence-corrected chi connectivity index (χ0v) is 14.8. The molecule has 4 rings (SSSR count). The Hall–Kier alpha value is -3.08. The van der Waals surface area contributed by atoms with Gasteiger partial charge in [-0.3, -0.25) is 9.59 Å². The highest BCUT2D eigenvalue weighted by Gasteiger charge is 2.33. The van der Waals surface area contributed by atoms with Crippen LogP contribution in [0, 0.1) is 5.92 Å². The topological polar surface area (TPSA) is 74.0 Å². The molecule has 1 atom stereocenters. The van der Waals surface area contributed by atoms with Crippen LogP contribution >= 0.6 is 0 Å². The number of para-hydroxylation sites is 1. The Morgan fingerprint density at radius 2 is 2.00 bits per heavy atom. The van der Waals surface area contributed by atoms with Crippen LogP contribution < -0.4 is 10.6 Å². The maximum atomic E-state index is 12.5. The van der Waals surface area contributed by atoms with Crippen LogP contribution in [0.25, 0.3) is 10.9 Å². The molecule has 5 nitrogen and oxygen atoms in total. The van der Waals surface area contributed by atoms with Gasteiger partial charge in [-0.1, -0.05) is 32.0 Å². The van der Waals surface area contributed by atoms with Gasteiger partial charge < -0.3 is 15.6 Å². The minimum Gasteiger partial charge on any atom is -0.361 e. The summed E-state index contributed by atoms with van der Waals surface area (Å²) in [5.74, 6) is -0.0192. The lowest BCUT2D eigenvalue weighted by atomic mass is 9.89. The summed E-state index contributed by atoms with van der Waals surface area (Å²) in [5.41, 5.74) is 4.50. The SMILES string of the molecule is CC(C)C1C(=O)Nc2ccc(NC(=O)Cc3c[nH]c4ccccc34)cc21. The van der Waals surface area contributed by atoms with E-state index in [1.807, 2.05) is 62.5 Å². The van der Waals surface area contributed by atoms with Gasteiger partial charge in [0.25, 0.3) is 0 Å². The van der Waals surface area contributed by atoms with Crippen molar-refractivity contribution in [2.24, 2.45) is 5.92 Å². The Labute approximate surface area is 151 Å². The highest BCUT2D eigenvalue weighted by atomic mass is 16.2. The first-order valence-electron chi connectivity index (χ1n) is 8.82. The highest BCUT2D eigenvalue weighted by Crippen LogP contribution is 2.38. The third-order valence-electron chi connectivity index (χ3n) is 4.90. The number of amides is 2. The van der Waals surface area contributed by atoms with Gasteiger partial charge >= 0.3 is 0 Å². The maximum absolute atomic E-state index is 12.5. The molecule has 0 saturated carbocycles. The Morgan fingerprint density at radius 3 is 2.81 bits per heavy atom. The lowest BCUT2D eigenvalue weighted by Crippen LogP contribution is -2.17. The fourth-order valence-electron chi connectivity index (χ4n) is 3.68. The van der Waals surface area contributed by atoms with Crippen molar-refractivity contribution < 1.29 is 9.59 Å². The first-order valence-corrected chi connectivity index (χ1v) is 8.82. The van der Waals surface area contributed by atoms with Crippen molar-refractivity contribution in [1.82, 2.24) is 4.98 Å². The summed E-state index contributed by atoms with van der Waals surface area (Å²) in [7, 11) is 0. The predicted octanol–water partition coefficient (Wildman–Crippen LogP) is 4.04. The normalized spacial score (nSPS) is 16.0. The lowest BCUT2D eigenvalue weighted by Gasteiger charge is -2.13. The number of rotatable bonds is 4. The van der Waals surface area contributed by atoms with Crippen LogP contribution in [0.4, 0.5) is 11.4 Å². The molecule has 26 heavy (non-hydrogen) atoms. The summed E-state index contributed by atoms with van der Waals surface area (Å²) in [6.07, 6.45) is 2.18. The van der Waals surface area contributed by atoms with Gasteiger partial charge in [0.1, 0.15) is 0 Å². The number of benzene rings is 2. The summed E-state index contributed by atoms with van der Waals surface area (Å²) >= 11 is 0. The number of aromatic nitrogens is 1. The summed E-state index contributed by atoms with van der Waals surface area (Å²) in [6, 6.07) is 13.5. The van der Waals surface area contributed by atoms with E-state index in [1.165, 1.54) is 0 Å². The minimum absolute atomic E-state index is 0.0252. The molecule has 0 saturated heterocycles. The maximum Gasteiger partial charge on any atom is 0.232 e. The molecule has 3 N–H and O–H groups in total. The molecule has 2 aromatic carbocycles. The van der Waals surface area contributed by atoms with Crippen molar-refractivity contribution >= 4 is 34.1 Å². The summed E-state index contributed by atoms with van der Waals surface area (Å²) in [6.45, 7) is 4.06. The van der Waals surface area contributed by atoms with Crippen molar-refractivity contribution in [3.8, 4) is 0 Å². The van der Waals surface area contributed by atoms with Gasteiger partial charge in [-0.25, -0.2) is 0 Å². The average molecular weight is 347 g/mol. The van der Waals surface area contributed by atoms with Crippen LogP contribution in [-0.4, -0.2) is 16.8 Å². The summed E-state index contributed by atoms with van der Waals surface area (Å²) in [4.78, 5) is 27.8. The first-order chi connectivity index (χ1) is 12.5. The molecule has 2 heterocycles. The van der Waals surface area contributed by atoms with E-state index in [1.54, 1.807) is 0 Å². The third kappa shape index (κ3) is 2.86. The summed E-state index contributed by atoms with van der Waals surface area (Å²) < 4.78 is 0. The summed E-state index contributed by atoms with van der Waals surface area (Å²) in [5, 5.41) is 6.93. The molecule has 0 fully saturated rings. The van der Waals surface area contributed by atoms with E-state index >= 15 is 0 Å². The molecule has 1 unspecified atom stereocenters. The second-order valence-electron chi connectivity index (χ2n) is 7.10. The van der Waals surface area contributed by atoms with Crippen molar-refractivity contribution in [3.05, 3.63) is 59.8 Å². The number of fused-ring (bicyclic) bond motifs is 2. The largest absolute Gasteiger partial charge is 0.361 e. The van der Waals surface area contributed by atoms with Crippen molar-refractivity contribution in [2.45, 2.75) is 26.2 Å². The zero-order chi connectivity index (χ0) is 18.3. The molecule has 0 spiro atoms. The molecule has 3 aromatic rings. The fraction of sp³-hybridized carbons (Fsp3) is 0.238. The van der Waals surface area contributed by atoms with E-state index in [-0.39, 0.29) is 23.7 Å². The Morgan fingerprint density at radius 1 is 1.19 bits per heavy atom. The van der Waals surface area contributed by atoms with Gasteiger partial charge in [0.2, 0.25) is 11.8 Å². The smallest absolute Gasteiger partial charge is 0.232 e. The highest BCUT2D eigenvalue weighted by molar-refractivity contribution is 6.04. The van der Waals surface area contributed by atoms with Crippen LogP contribution in [0.3, 0.4) is 0 Å². The molecule has 132 valence electrons. The van der Waals surface area contributed by atoms with Crippen LogP contribution in [0.2, 0.25) is 0 Å². The van der Waals surface area contributed by atoms with Gasteiger partial charge in [-0.15, -0.1) is 0 Å². The molecule has 0 radical (unpaired) electrons. The van der Waals surface area contributed by atoms with Gasteiger partial charge in [-0.05, 0) is 41.3 Å². The minimum atomic E-state index is -0.171. The molecule has 0 aliphatic carbocycles. The van der Waals surface area contributed by atoms with Crippen LogP contribution in [0.1, 0.15) is 30.9 Å². The number of carbonyl (C=O) groups excluding carboxylic acids is 2. The number of nitrogens with one attached hydrogen (secondary N) is 3. The standard InChI is InChI=1S/C21H21N3O2/c1-12(2)20-16-10-14(7-8-18(16)24-21(20)26)23-19(25)9-13-11-22-17-6-4-3-5-15(13)17/h3-8,10-12,20,22H,9H2,1-2H3,(H,23,25)(H,24,26). The Balaban J connectivity index is 1.53. The third-order valence-corrected chi connectivity index (χ3v) is 4.90. The molecule has 0 bridgehead atoms. The van der Waals surface area contributed by atoms with Gasteiger partial charge in [0.05, 0.1) is 12.3 Å². The number of anilines is 2. The van der Waals surface area contributed by atoms with Crippen LogP contribution in [-0.2, 0) is 16.0 Å². The second-order valence-corrected chi connectivity index (χ2v) is 7.10. The molecule has 2 amide bonds. The number of carbonyl (C=O) groups is 2. The van der Waals surface area contributed by atoms with E-state index in [4.69, 9.17) is 0 Å². The Kier molecular flexibility index (Phi) is 3.99. The molecule has 1 aromatic heterocycles. The lowest BCUT2D eigenvalue weighted by molar-refractivity contribution is -0.118. The van der Waals surface area contributed by atoms with Crippen molar-refractivity contribution in [1.29, 1.82) is 0 Å². The van der Waals surface area contributed by atoms with Crippen LogP contribution in [0.5, 0.6) is 0 Å². The van der Waals surface area contributed by atoms with Crippen LogP contribution in [0.15, 0.2) is 48.7 Å². The number of hydrogen-bond acceptors (Lipinski definition) is 2. The zero-order valence-electron chi connectivity index (χ0n) is 14.8. The van der Waals surface area contributed by atoms with E-state index in [0.29, 0.717) is 6.42 Å². The average Bonchev–Trinajstić information content (AvgIpc) is 3.15. The second kappa shape index (κ2) is 6.33. The molecule has 5 heteroatoms. The van der Waals surface area contributed by atoms with E-state index in [9.17, 15) is 9.59 Å². The van der Waals surface area contributed by atoms with Crippen molar-refractivity contribution in [3.63, 3.8) is 0 Å². The monoisotopic (exact) mass is 347 g/mol. The van der Waals surface area contributed by atoms with Gasteiger partial charge in [0.15, 0.2) is 0 Å². The molecule has 1 aliphatic heterocycles. The predicted molar refractivity (Wildman–Crippen MR) is 103 cm³/mol.